The average Bonchev–Trinajstić information content (AvgIpc) is 2.03. The summed E-state index contributed by atoms with van der Waals surface area (Å²) in [7, 11) is 0. The molecular weight excluding hydrogens is 136 g/mol. The lowest BCUT2D eigenvalue weighted by molar-refractivity contribution is -0.0403. The summed E-state index contributed by atoms with van der Waals surface area (Å²) >= 11 is 0. The first-order valence-corrected chi connectivity index (χ1v) is 4.70. The lowest BCUT2D eigenvalue weighted by Gasteiger charge is -2.40. The third-order valence-corrected chi connectivity index (χ3v) is 3.18. The standard InChI is InChI=1S/C10H16O/c11-10-7-3-1-5-9(10)6-2-4-8-10/h1,5,9,11H,2-4,6-8H2/t9-,10-/m0/s1. The smallest absolute Gasteiger partial charge is 0.0713 e. The minimum Gasteiger partial charge on any atom is -0.389 e. The van der Waals surface area contributed by atoms with Gasteiger partial charge >= 0.3 is 0 Å². The minimum atomic E-state index is -0.312. The van der Waals surface area contributed by atoms with E-state index in [1.165, 1.54) is 19.3 Å². The van der Waals surface area contributed by atoms with Gasteiger partial charge < -0.3 is 5.11 Å². The van der Waals surface area contributed by atoms with Crippen molar-refractivity contribution < 1.29 is 5.11 Å². The summed E-state index contributed by atoms with van der Waals surface area (Å²) in [5.74, 6) is 0.477. The van der Waals surface area contributed by atoms with E-state index in [-0.39, 0.29) is 5.60 Å². The van der Waals surface area contributed by atoms with Crippen LogP contribution in [0.5, 0.6) is 0 Å². The van der Waals surface area contributed by atoms with Gasteiger partial charge in [-0.1, -0.05) is 25.0 Å². The van der Waals surface area contributed by atoms with Gasteiger partial charge in [0.25, 0.3) is 0 Å². The van der Waals surface area contributed by atoms with Crippen molar-refractivity contribution in [3.8, 4) is 0 Å². The van der Waals surface area contributed by atoms with E-state index in [0.29, 0.717) is 5.92 Å². The topological polar surface area (TPSA) is 20.2 Å². The molecule has 0 aromatic rings. The van der Waals surface area contributed by atoms with Crippen LogP contribution in [-0.2, 0) is 0 Å². The van der Waals surface area contributed by atoms with Gasteiger partial charge in [0, 0.05) is 5.92 Å². The fraction of sp³-hybridized carbons (Fsp3) is 0.800. The van der Waals surface area contributed by atoms with E-state index in [1.807, 2.05) is 0 Å². The van der Waals surface area contributed by atoms with Gasteiger partial charge in [-0.2, -0.15) is 0 Å². The Labute approximate surface area is 68.1 Å². The van der Waals surface area contributed by atoms with Gasteiger partial charge in [0.15, 0.2) is 0 Å². The van der Waals surface area contributed by atoms with Crippen LogP contribution in [-0.4, -0.2) is 10.7 Å². The zero-order valence-electron chi connectivity index (χ0n) is 6.92. The van der Waals surface area contributed by atoms with E-state index in [1.54, 1.807) is 0 Å². The molecular formula is C10H16O. The maximum absolute atomic E-state index is 10.1. The minimum absolute atomic E-state index is 0.312. The molecule has 62 valence electrons. The van der Waals surface area contributed by atoms with Gasteiger partial charge in [-0.05, 0) is 25.7 Å². The van der Waals surface area contributed by atoms with Gasteiger partial charge in [0.05, 0.1) is 5.60 Å². The molecule has 0 aromatic heterocycles. The van der Waals surface area contributed by atoms with Crippen molar-refractivity contribution in [3.63, 3.8) is 0 Å². The van der Waals surface area contributed by atoms with Gasteiger partial charge in [-0.25, -0.2) is 0 Å². The highest BCUT2D eigenvalue weighted by atomic mass is 16.3. The summed E-state index contributed by atoms with van der Waals surface area (Å²) in [6, 6.07) is 0. The molecule has 1 N–H and O–H groups in total. The molecule has 0 spiro atoms. The molecule has 2 atom stereocenters. The van der Waals surface area contributed by atoms with Crippen molar-refractivity contribution in [1.82, 2.24) is 0 Å². The van der Waals surface area contributed by atoms with Crippen LogP contribution in [0.15, 0.2) is 12.2 Å². The number of allylic oxidation sites excluding steroid dienone is 1. The molecule has 0 aliphatic heterocycles. The van der Waals surface area contributed by atoms with Crippen LogP contribution >= 0.6 is 0 Å². The largest absolute Gasteiger partial charge is 0.389 e. The van der Waals surface area contributed by atoms with Crippen molar-refractivity contribution in [2.45, 2.75) is 44.1 Å². The monoisotopic (exact) mass is 152 g/mol. The van der Waals surface area contributed by atoms with Crippen molar-refractivity contribution in [2.24, 2.45) is 5.92 Å². The van der Waals surface area contributed by atoms with Crippen molar-refractivity contribution in [1.29, 1.82) is 0 Å². The van der Waals surface area contributed by atoms with Crippen molar-refractivity contribution in [3.05, 3.63) is 12.2 Å². The highest BCUT2D eigenvalue weighted by Gasteiger charge is 2.37. The van der Waals surface area contributed by atoms with Crippen LogP contribution in [0.3, 0.4) is 0 Å². The van der Waals surface area contributed by atoms with Crippen LogP contribution in [0.25, 0.3) is 0 Å². The van der Waals surface area contributed by atoms with Gasteiger partial charge in [0.2, 0.25) is 0 Å². The molecule has 0 amide bonds. The first kappa shape index (κ1) is 7.35. The lowest BCUT2D eigenvalue weighted by atomic mass is 9.70. The normalized spacial score (nSPS) is 43.5. The number of rotatable bonds is 0. The maximum Gasteiger partial charge on any atom is 0.0713 e. The van der Waals surface area contributed by atoms with Crippen LogP contribution in [0.4, 0.5) is 0 Å². The Balaban J connectivity index is 2.16. The Morgan fingerprint density at radius 2 is 2.18 bits per heavy atom. The zero-order chi connectivity index (χ0) is 7.73. The number of aliphatic hydroxyl groups is 1. The Kier molecular flexibility index (Phi) is 1.76. The molecule has 0 heterocycles. The molecule has 0 radical (unpaired) electrons. The SMILES string of the molecule is O[C@]12CCC=C[C@H]1CCCC2. The van der Waals surface area contributed by atoms with E-state index >= 15 is 0 Å². The predicted molar refractivity (Wildman–Crippen MR) is 45.3 cm³/mol. The van der Waals surface area contributed by atoms with Crippen LogP contribution < -0.4 is 0 Å². The van der Waals surface area contributed by atoms with E-state index in [2.05, 4.69) is 12.2 Å². The van der Waals surface area contributed by atoms with Gasteiger partial charge in [-0.3, -0.25) is 0 Å². The first-order valence-electron chi connectivity index (χ1n) is 4.70. The van der Waals surface area contributed by atoms with E-state index < -0.39 is 0 Å². The third kappa shape index (κ3) is 1.22. The average molecular weight is 152 g/mol. The van der Waals surface area contributed by atoms with Crippen LogP contribution in [0.2, 0.25) is 0 Å². The molecule has 1 fully saturated rings. The molecule has 2 aliphatic rings. The second kappa shape index (κ2) is 2.63. The highest BCUT2D eigenvalue weighted by Crippen LogP contribution is 2.40. The summed E-state index contributed by atoms with van der Waals surface area (Å²) in [5, 5.41) is 10.1. The number of hydrogen-bond donors (Lipinski definition) is 1. The number of fused-ring (bicyclic) bond motifs is 1. The van der Waals surface area contributed by atoms with Gasteiger partial charge in [-0.15, -0.1) is 0 Å². The highest BCUT2D eigenvalue weighted by molar-refractivity contribution is 5.06. The predicted octanol–water partition coefficient (Wildman–Crippen LogP) is 2.26. The second-order valence-corrected chi connectivity index (χ2v) is 3.92. The molecule has 1 nitrogen and oxygen atoms in total. The molecule has 1 heteroatoms. The molecule has 0 unspecified atom stereocenters. The Bertz CT molecular complexity index is 174. The fourth-order valence-corrected chi connectivity index (χ4v) is 2.43. The van der Waals surface area contributed by atoms with Crippen molar-refractivity contribution >= 4 is 0 Å². The van der Waals surface area contributed by atoms with E-state index in [0.717, 1.165) is 19.3 Å². The molecule has 11 heavy (non-hydrogen) atoms. The summed E-state index contributed by atoms with van der Waals surface area (Å²) in [5.41, 5.74) is -0.312. The summed E-state index contributed by atoms with van der Waals surface area (Å²) < 4.78 is 0. The zero-order valence-corrected chi connectivity index (χ0v) is 6.92. The second-order valence-electron chi connectivity index (χ2n) is 3.92. The summed E-state index contributed by atoms with van der Waals surface area (Å²) in [4.78, 5) is 0. The van der Waals surface area contributed by atoms with E-state index in [4.69, 9.17) is 0 Å². The summed E-state index contributed by atoms with van der Waals surface area (Å²) in [6.45, 7) is 0. The van der Waals surface area contributed by atoms with Crippen molar-refractivity contribution in [2.75, 3.05) is 0 Å². The quantitative estimate of drug-likeness (QED) is 0.528. The molecule has 0 bridgehead atoms. The Morgan fingerprint density at radius 3 is 3.00 bits per heavy atom. The van der Waals surface area contributed by atoms with E-state index in [9.17, 15) is 5.11 Å². The Hall–Kier alpha value is -0.300. The molecule has 1 saturated carbocycles. The molecule has 2 rings (SSSR count). The fourth-order valence-electron chi connectivity index (χ4n) is 2.43. The molecule has 2 aliphatic carbocycles. The maximum atomic E-state index is 10.1. The first-order chi connectivity index (χ1) is 5.31. The van der Waals surface area contributed by atoms with Gasteiger partial charge in [0.1, 0.15) is 0 Å². The van der Waals surface area contributed by atoms with Crippen LogP contribution in [0.1, 0.15) is 38.5 Å². The molecule has 0 saturated heterocycles. The lowest BCUT2D eigenvalue weighted by Crippen LogP contribution is -2.40. The third-order valence-electron chi connectivity index (χ3n) is 3.18. The number of hydrogen-bond acceptors (Lipinski definition) is 1. The Morgan fingerprint density at radius 1 is 1.27 bits per heavy atom. The molecule has 0 aromatic carbocycles. The summed E-state index contributed by atoms with van der Waals surface area (Å²) in [6.07, 6.45) is 11.3. The van der Waals surface area contributed by atoms with Crippen LogP contribution in [0, 0.1) is 5.92 Å².